The quantitative estimate of drug-likeness (QED) is 0.810. The average molecular weight is 220 g/mol. The molecule has 0 radical (unpaired) electrons. The maximum atomic E-state index is 9.38. The molecule has 1 atom stereocenters. The number of aliphatic hydroxyl groups is 1. The van der Waals surface area contributed by atoms with Gasteiger partial charge in [-0.15, -0.1) is 0 Å². The van der Waals surface area contributed by atoms with Gasteiger partial charge < -0.3 is 15.7 Å². The second-order valence-corrected chi connectivity index (χ2v) is 4.46. The number of para-hydroxylation sites is 1. The summed E-state index contributed by atoms with van der Waals surface area (Å²) in [6, 6.07) is 6.51. The molecule has 88 valence electrons. The summed E-state index contributed by atoms with van der Waals surface area (Å²) in [6.07, 6.45) is 2.23. The van der Waals surface area contributed by atoms with Gasteiger partial charge in [-0.1, -0.05) is 18.2 Å². The molecule has 1 aliphatic heterocycles. The molecule has 1 aromatic rings. The van der Waals surface area contributed by atoms with Gasteiger partial charge in [-0.3, -0.25) is 0 Å². The fourth-order valence-corrected chi connectivity index (χ4v) is 2.62. The average Bonchev–Trinajstić information content (AvgIpc) is 2.76. The summed E-state index contributed by atoms with van der Waals surface area (Å²) in [5, 5.41) is 9.38. The molecule has 2 rings (SSSR count). The summed E-state index contributed by atoms with van der Waals surface area (Å²) in [7, 11) is 0. The molecule has 1 saturated heterocycles. The number of nitrogens with zero attached hydrogens (tertiary/aromatic N) is 1. The molecule has 1 heterocycles. The number of aryl methyl sites for hydroxylation is 1. The van der Waals surface area contributed by atoms with E-state index in [0.717, 1.165) is 19.4 Å². The van der Waals surface area contributed by atoms with Crippen LogP contribution in [0.2, 0.25) is 0 Å². The lowest BCUT2D eigenvalue weighted by Gasteiger charge is -2.29. The monoisotopic (exact) mass is 220 g/mol. The molecule has 0 aromatic heterocycles. The molecule has 0 saturated carbocycles. The Hall–Kier alpha value is -1.06. The number of aliphatic hydroxyl groups excluding tert-OH is 1. The van der Waals surface area contributed by atoms with Gasteiger partial charge in [-0.05, 0) is 30.9 Å². The summed E-state index contributed by atoms with van der Waals surface area (Å²) in [6.45, 7) is 3.94. The third kappa shape index (κ3) is 1.93. The normalized spacial score (nSPS) is 20.4. The molecule has 0 amide bonds. The van der Waals surface area contributed by atoms with E-state index in [0.29, 0.717) is 6.54 Å². The Balaban J connectivity index is 2.38. The zero-order valence-electron chi connectivity index (χ0n) is 9.82. The van der Waals surface area contributed by atoms with Crippen molar-refractivity contribution >= 4 is 5.69 Å². The van der Waals surface area contributed by atoms with Gasteiger partial charge in [0.1, 0.15) is 0 Å². The molecule has 3 heteroatoms. The van der Waals surface area contributed by atoms with Gasteiger partial charge in [0, 0.05) is 18.8 Å². The van der Waals surface area contributed by atoms with Crippen molar-refractivity contribution in [2.24, 2.45) is 5.73 Å². The highest BCUT2D eigenvalue weighted by atomic mass is 16.3. The lowest BCUT2D eigenvalue weighted by molar-refractivity contribution is 0.266. The summed E-state index contributed by atoms with van der Waals surface area (Å²) >= 11 is 0. The van der Waals surface area contributed by atoms with Crippen LogP contribution < -0.4 is 10.6 Å². The van der Waals surface area contributed by atoms with E-state index in [1.165, 1.54) is 16.8 Å². The van der Waals surface area contributed by atoms with E-state index >= 15 is 0 Å². The Bertz CT molecular complexity index is 365. The third-order valence-corrected chi connectivity index (χ3v) is 3.42. The summed E-state index contributed by atoms with van der Waals surface area (Å²) in [4.78, 5) is 2.32. The number of rotatable bonds is 3. The van der Waals surface area contributed by atoms with E-state index < -0.39 is 0 Å². The highest BCUT2D eigenvalue weighted by molar-refractivity contribution is 5.60. The summed E-state index contributed by atoms with van der Waals surface area (Å²) < 4.78 is 0. The molecule has 1 unspecified atom stereocenters. The van der Waals surface area contributed by atoms with Gasteiger partial charge in [0.2, 0.25) is 0 Å². The first-order valence-electron chi connectivity index (χ1n) is 5.94. The molecule has 0 aliphatic carbocycles. The van der Waals surface area contributed by atoms with Crippen molar-refractivity contribution in [3.05, 3.63) is 29.3 Å². The standard InChI is InChI=1S/C13H20N2O/c1-10-4-2-5-11(8-14)13(10)15-7-3-6-12(15)9-16/h2,4-5,12,16H,3,6-9,14H2,1H3. The van der Waals surface area contributed by atoms with Crippen LogP contribution >= 0.6 is 0 Å². The van der Waals surface area contributed by atoms with Gasteiger partial charge >= 0.3 is 0 Å². The van der Waals surface area contributed by atoms with Crippen molar-refractivity contribution in [3.63, 3.8) is 0 Å². The summed E-state index contributed by atoms with van der Waals surface area (Å²) in [5.41, 5.74) is 9.46. The Morgan fingerprint density at radius 1 is 1.50 bits per heavy atom. The fraction of sp³-hybridized carbons (Fsp3) is 0.538. The third-order valence-electron chi connectivity index (χ3n) is 3.42. The number of hydrogen-bond acceptors (Lipinski definition) is 3. The van der Waals surface area contributed by atoms with Crippen molar-refractivity contribution in [3.8, 4) is 0 Å². The Morgan fingerprint density at radius 2 is 2.31 bits per heavy atom. The van der Waals surface area contributed by atoms with E-state index in [1.807, 2.05) is 6.07 Å². The van der Waals surface area contributed by atoms with Gasteiger partial charge in [-0.25, -0.2) is 0 Å². The molecule has 3 N–H and O–H groups in total. The molecule has 0 bridgehead atoms. The van der Waals surface area contributed by atoms with Gasteiger partial charge in [0.15, 0.2) is 0 Å². The Labute approximate surface area is 96.9 Å². The molecule has 16 heavy (non-hydrogen) atoms. The molecule has 1 aromatic carbocycles. The number of nitrogens with two attached hydrogens (primary N) is 1. The SMILES string of the molecule is Cc1cccc(CN)c1N1CCCC1CO. The molecular weight excluding hydrogens is 200 g/mol. The van der Waals surface area contributed by atoms with Crippen LogP contribution in [0.25, 0.3) is 0 Å². The predicted molar refractivity (Wildman–Crippen MR) is 66.5 cm³/mol. The first-order chi connectivity index (χ1) is 7.77. The largest absolute Gasteiger partial charge is 0.394 e. The minimum absolute atomic E-state index is 0.234. The topological polar surface area (TPSA) is 49.5 Å². The molecule has 1 fully saturated rings. The Morgan fingerprint density at radius 3 is 3.00 bits per heavy atom. The van der Waals surface area contributed by atoms with Gasteiger partial charge in [-0.2, -0.15) is 0 Å². The minimum Gasteiger partial charge on any atom is -0.394 e. The highest BCUT2D eigenvalue weighted by Crippen LogP contribution is 2.31. The molecule has 1 aliphatic rings. The van der Waals surface area contributed by atoms with Crippen molar-refractivity contribution in [1.29, 1.82) is 0 Å². The van der Waals surface area contributed by atoms with Crippen LogP contribution in [0.4, 0.5) is 5.69 Å². The summed E-state index contributed by atoms with van der Waals surface area (Å²) in [5.74, 6) is 0. The van der Waals surface area contributed by atoms with Crippen LogP contribution in [0.3, 0.4) is 0 Å². The molecule has 0 spiro atoms. The van der Waals surface area contributed by atoms with Crippen molar-refractivity contribution in [2.45, 2.75) is 32.4 Å². The smallest absolute Gasteiger partial charge is 0.0635 e. The fourth-order valence-electron chi connectivity index (χ4n) is 2.62. The van der Waals surface area contributed by atoms with Crippen LogP contribution in [0.15, 0.2) is 18.2 Å². The zero-order chi connectivity index (χ0) is 11.5. The van der Waals surface area contributed by atoms with E-state index in [2.05, 4.69) is 24.0 Å². The van der Waals surface area contributed by atoms with Crippen molar-refractivity contribution in [2.75, 3.05) is 18.1 Å². The highest BCUT2D eigenvalue weighted by Gasteiger charge is 2.26. The van der Waals surface area contributed by atoms with E-state index in [9.17, 15) is 5.11 Å². The number of hydrogen-bond donors (Lipinski definition) is 2. The zero-order valence-corrected chi connectivity index (χ0v) is 9.82. The van der Waals surface area contributed by atoms with Gasteiger partial charge in [0.05, 0.1) is 12.6 Å². The van der Waals surface area contributed by atoms with Crippen molar-refractivity contribution < 1.29 is 5.11 Å². The minimum atomic E-state index is 0.234. The Kier molecular flexibility index (Phi) is 3.46. The maximum Gasteiger partial charge on any atom is 0.0635 e. The number of anilines is 1. The van der Waals surface area contributed by atoms with Gasteiger partial charge in [0.25, 0.3) is 0 Å². The van der Waals surface area contributed by atoms with E-state index in [1.54, 1.807) is 0 Å². The first kappa shape index (κ1) is 11.4. The van der Waals surface area contributed by atoms with E-state index in [-0.39, 0.29) is 12.6 Å². The van der Waals surface area contributed by atoms with Crippen molar-refractivity contribution in [1.82, 2.24) is 0 Å². The van der Waals surface area contributed by atoms with Crippen LogP contribution in [0, 0.1) is 6.92 Å². The van der Waals surface area contributed by atoms with E-state index in [4.69, 9.17) is 5.73 Å². The molecular formula is C13H20N2O. The van der Waals surface area contributed by atoms with Crippen LogP contribution in [0.5, 0.6) is 0 Å². The first-order valence-corrected chi connectivity index (χ1v) is 5.94. The lowest BCUT2D eigenvalue weighted by Crippen LogP contribution is -2.33. The predicted octanol–water partition coefficient (Wildman–Crippen LogP) is 1.41. The lowest BCUT2D eigenvalue weighted by atomic mass is 10.1. The van der Waals surface area contributed by atoms with Crippen LogP contribution in [0.1, 0.15) is 24.0 Å². The molecule has 3 nitrogen and oxygen atoms in total. The van der Waals surface area contributed by atoms with Crippen LogP contribution in [-0.4, -0.2) is 24.3 Å². The second kappa shape index (κ2) is 4.85. The second-order valence-electron chi connectivity index (χ2n) is 4.46. The van der Waals surface area contributed by atoms with Crippen LogP contribution in [-0.2, 0) is 6.54 Å². The number of benzene rings is 1. The maximum absolute atomic E-state index is 9.38.